The molecule has 2 bridgehead atoms. The van der Waals surface area contributed by atoms with Crippen molar-refractivity contribution in [3.63, 3.8) is 0 Å². The second-order valence-electron chi connectivity index (χ2n) is 5.16. The van der Waals surface area contributed by atoms with E-state index in [1.807, 2.05) is 0 Å². The highest BCUT2D eigenvalue weighted by Crippen LogP contribution is 2.67. The zero-order chi connectivity index (χ0) is 9.43. The van der Waals surface area contributed by atoms with Crippen LogP contribution in [0, 0.1) is 17.3 Å². The van der Waals surface area contributed by atoms with Crippen LogP contribution in [0.4, 0.5) is 4.39 Å². The Morgan fingerprint density at radius 2 is 2.31 bits per heavy atom. The first-order valence-electron chi connectivity index (χ1n) is 4.87. The highest BCUT2D eigenvalue weighted by molar-refractivity contribution is 5.84. The fourth-order valence-corrected chi connectivity index (χ4v) is 3.55. The van der Waals surface area contributed by atoms with Crippen LogP contribution in [0.3, 0.4) is 0 Å². The molecule has 0 amide bonds. The van der Waals surface area contributed by atoms with Crippen molar-refractivity contribution >= 4 is 5.97 Å². The van der Waals surface area contributed by atoms with E-state index in [-0.39, 0.29) is 17.4 Å². The molecule has 0 aromatic carbocycles. The molecule has 13 heavy (non-hydrogen) atoms. The molecule has 3 rings (SSSR count). The SMILES string of the molecule is CC1C2OC(=O)C3(F)CC1(C)CC23. The first kappa shape index (κ1) is 7.77. The molecule has 0 N–H and O–H groups in total. The van der Waals surface area contributed by atoms with Crippen molar-refractivity contribution in [1.29, 1.82) is 0 Å². The lowest BCUT2D eigenvalue weighted by Gasteiger charge is -2.31. The molecule has 0 spiro atoms. The standard InChI is InChI=1S/C10H13FO2/c1-5-7-6-3-9(5,2)4-10(6,11)8(12)13-7/h5-7H,3-4H2,1-2H3. The summed E-state index contributed by atoms with van der Waals surface area (Å²) in [6.07, 6.45) is 1.05. The van der Waals surface area contributed by atoms with Crippen molar-refractivity contribution in [3.05, 3.63) is 0 Å². The van der Waals surface area contributed by atoms with Gasteiger partial charge in [-0.3, -0.25) is 0 Å². The van der Waals surface area contributed by atoms with Gasteiger partial charge < -0.3 is 4.74 Å². The number of fused-ring (bicyclic) bond motifs is 1. The summed E-state index contributed by atoms with van der Waals surface area (Å²) in [7, 11) is 0. The molecular weight excluding hydrogens is 171 g/mol. The summed E-state index contributed by atoms with van der Waals surface area (Å²) >= 11 is 0. The Kier molecular flexibility index (Phi) is 1.06. The highest BCUT2D eigenvalue weighted by atomic mass is 19.1. The predicted molar refractivity (Wildman–Crippen MR) is 43.7 cm³/mol. The molecule has 0 radical (unpaired) electrons. The zero-order valence-electron chi connectivity index (χ0n) is 7.84. The normalized spacial score (nSPS) is 63.0. The molecule has 1 aliphatic heterocycles. The highest BCUT2D eigenvalue weighted by Gasteiger charge is 2.74. The van der Waals surface area contributed by atoms with Gasteiger partial charge in [-0.2, -0.15) is 0 Å². The van der Waals surface area contributed by atoms with Crippen LogP contribution in [-0.2, 0) is 9.53 Å². The van der Waals surface area contributed by atoms with Crippen molar-refractivity contribution in [2.24, 2.45) is 17.3 Å². The third-order valence-electron chi connectivity index (χ3n) is 4.51. The van der Waals surface area contributed by atoms with Crippen LogP contribution in [0.5, 0.6) is 0 Å². The van der Waals surface area contributed by atoms with E-state index >= 15 is 0 Å². The Morgan fingerprint density at radius 3 is 2.85 bits per heavy atom. The van der Waals surface area contributed by atoms with Crippen molar-refractivity contribution in [2.45, 2.75) is 38.5 Å². The first-order valence-corrected chi connectivity index (χ1v) is 4.87. The smallest absolute Gasteiger partial charge is 0.344 e. The number of halogens is 1. The lowest BCUT2D eigenvalue weighted by Crippen LogP contribution is -2.39. The average Bonchev–Trinajstić information content (AvgIpc) is 2.50. The number of alkyl halides is 1. The van der Waals surface area contributed by atoms with Crippen LogP contribution in [0.1, 0.15) is 26.7 Å². The van der Waals surface area contributed by atoms with Gasteiger partial charge in [0.25, 0.3) is 0 Å². The second kappa shape index (κ2) is 1.77. The van der Waals surface area contributed by atoms with E-state index in [9.17, 15) is 9.18 Å². The number of ether oxygens (including phenoxy) is 1. The van der Waals surface area contributed by atoms with Gasteiger partial charge in [0.1, 0.15) is 6.10 Å². The van der Waals surface area contributed by atoms with Gasteiger partial charge in [-0.25, -0.2) is 9.18 Å². The van der Waals surface area contributed by atoms with Crippen LogP contribution < -0.4 is 0 Å². The molecule has 2 nitrogen and oxygen atoms in total. The van der Waals surface area contributed by atoms with Gasteiger partial charge in [-0.1, -0.05) is 13.8 Å². The van der Waals surface area contributed by atoms with E-state index in [0.29, 0.717) is 12.3 Å². The van der Waals surface area contributed by atoms with Crippen LogP contribution >= 0.6 is 0 Å². The topological polar surface area (TPSA) is 26.3 Å². The minimum Gasteiger partial charge on any atom is -0.459 e. The van der Waals surface area contributed by atoms with Crippen molar-refractivity contribution < 1.29 is 13.9 Å². The summed E-state index contributed by atoms with van der Waals surface area (Å²) in [5, 5.41) is 0. The number of rotatable bonds is 0. The van der Waals surface area contributed by atoms with E-state index in [0.717, 1.165) is 6.42 Å². The van der Waals surface area contributed by atoms with Gasteiger partial charge in [-0.05, 0) is 24.2 Å². The van der Waals surface area contributed by atoms with Gasteiger partial charge >= 0.3 is 5.97 Å². The van der Waals surface area contributed by atoms with E-state index in [2.05, 4.69) is 13.8 Å². The molecule has 3 fully saturated rings. The van der Waals surface area contributed by atoms with Gasteiger partial charge in [0.05, 0.1) is 0 Å². The third-order valence-corrected chi connectivity index (χ3v) is 4.51. The lowest BCUT2D eigenvalue weighted by atomic mass is 9.73. The Morgan fingerprint density at radius 1 is 1.62 bits per heavy atom. The summed E-state index contributed by atoms with van der Waals surface area (Å²) in [4.78, 5) is 11.3. The minimum absolute atomic E-state index is 0.00373. The maximum atomic E-state index is 14.1. The Balaban J connectivity index is 2.13. The summed E-state index contributed by atoms with van der Waals surface area (Å²) in [5.41, 5.74) is -1.64. The van der Waals surface area contributed by atoms with Gasteiger partial charge in [0.15, 0.2) is 0 Å². The monoisotopic (exact) mass is 184 g/mol. The minimum atomic E-state index is -1.63. The van der Waals surface area contributed by atoms with Crippen molar-refractivity contribution in [1.82, 2.24) is 0 Å². The molecular formula is C10H13FO2. The number of hydrogen-bond acceptors (Lipinski definition) is 2. The fraction of sp³-hybridized carbons (Fsp3) is 0.900. The summed E-state index contributed by atoms with van der Waals surface area (Å²) in [6.45, 7) is 4.15. The second-order valence-corrected chi connectivity index (χ2v) is 5.16. The summed E-state index contributed by atoms with van der Waals surface area (Å²) in [5.74, 6) is -0.427. The number of esters is 1. The molecule has 2 aliphatic carbocycles. The summed E-state index contributed by atoms with van der Waals surface area (Å²) < 4.78 is 19.2. The van der Waals surface area contributed by atoms with E-state index < -0.39 is 11.6 Å². The number of carbonyl (C=O) groups excluding carboxylic acids is 1. The van der Waals surface area contributed by atoms with E-state index in [4.69, 9.17) is 4.74 Å². The molecule has 1 saturated heterocycles. The predicted octanol–water partition coefficient (Wildman–Crippen LogP) is 1.69. The van der Waals surface area contributed by atoms with Crippen LogP contribution in [-0.4, -0.2) is 17.7 Å². The Bertz CT molecular complexity index is 303. The molecule has 1 heterocycles. The van der Waals surface area contributed by atoms with Crippen molar-refractivity contribution in [2.75, 3.05) is 0 Å². The number of carbonyl (C=O) groups is 1. The van der Waals surface area contributed by atoms with Crippen LogP contribution in [0.15, 0.2) is 0 Å². The van der Waals surface area contributed by atoms with Crippen LogP contribution in [0.2, 0.25) is 0 Å². The van der Waals surface area contributed by atoms with Crippen molar-refractivity contribution in [3.8, 4) is 0 Å². The average molecular weight is 184 g/mol. The summed E-state index contributed by atoms with van der Waals surface area (Å²) in [6, 6.07) is 0. The quantitative estimate of drug-likeness (QED) is 0.535. The van der Waals surface area contributed by atoms with E-state index in [1.165, 1.54) is 0 Å². The lowest BCUT2D eigenvalue weighted by molar-refractivity contribution is -0.149. The molecule has 0 aromatic rings. The largest absolute Gasteiger partial charge is 0.459 e. The zero-order valence-corrected chi connectivity index (χ0v) is 7.84. The van der Waals surface area contributed by atoms with Crippen LogP contribution in [0.25, 0.3) is 0 Å². The maximum absolute atomic E-state index is 14.1. The maximum Gasteiger partial charge on any atom is 0.344 e. The fourth-order valence-electron chi connectivity index (χ4n) is 3.55. The Hall–Kier alpha value is -0.600. The molecule has 0 aromatic heterocycles. The Labute approximate surface area is 76.4 Å². The molecule has 5 unspecified atom stereocenters. The van der Waals surface area contributed by atoms with Gasteiger partial charge in [0, 0.05) is 5.92 Å². The molecule has 5 atom stereocenters. The molecule has 3 aliphatic rings. The molecule has 72 valence electrons. The molecule has 3 heteroatoms. The van der Waals surface area contributed by atoms with E-state index in [1.54, 1.807) is 0 Å². The number of hydrogen-bond donors (Lipinski definition) is 0. The third kappa shape index (κ3) is 0.617. The van der Waals surface area contributed by atoms with Gasteiger partial charge in [-0.15, -0.1) is 0 Å². The molecule has 2 saturated carbocycles. The first-order chi connectivity index (χ1) is 5.97. The van der Waals surface area contributed by atoms with Gasteiger partial charge in [0.2, 0.25) is 5.67 Å².